The van der Waals surface area contributed by atoms with Gasteiger partial charge < -0.3 is 15.4 Å². The van der Waals surface area contributed by atoms with Crippen molar-refractivity contribution >= 4 is 33.4 Å². The maximum absolute atomic E-state index is 14.0. The van der Waals surface area contributed by atoms with Crippen LogP contribution in [0.2, 0.25) is 0 Å². The van der Waals surface area contributed by atoms with E-state index in [2.05, 4.69) is 31.5 Å². The van der Waals surface area contributed by atoms with Crippen LogP contribution < -0.4 is 10.6 Å². The fraction of sp³-hybridized carbons (Fsp3) is 0.300. The van der Waals surface area contributed by atoms with Gasteiger partial charge in [-0.25, -0.2) is 4.39 Å². The number of morpholine rings is 1. The van der Waals surface area contributed by atoms with Gasteiger partial charge in [-0.15, -0.1) is 0 Å². The molecule has 0 radical (unpaired) electrons. The normalized spacial score (nSPS) is 14.5. The van der Waals surface area contributed by atoms with Gasteiger partial charge in [0.05, 0.1) is 30.0 Å². The van der Waals surface area contributed by atoms with E-state index in [9.17, 15) is 14.0 Å². The van der Waals surface area contributed by atoms with Crippen molar-refractivity contribution in [3.63, 3.8) is 0 Å². The number of carbonyl (C=O) groups is 2. The third kappa shape index (κ3) is 5.37. The summed E-state index contributed by atoms with van der Waals surface area (Å²) in [6.07, 6.45) is 0. The van der Waals surface area contributed by atoms with Crippen molar-refractivity contribution in [1.82, 2.24) is 10.2 Å². The highest BCUT2D eigenvalue weighted by molar-refractivity contribution is 9.10. The van der Waals surface area contributed by atoms with E-state index in [4.69, 9.17) is 4.74 Å². The molecule has 3 rings (SSSR count). The summed E-state index contributed by atoms with van der Waals surface area (Å²) in [6, 6.07) is 10.8. The Bertz CT molecular complexity index is 856. The molecule has 0 saturated carbocycles. The number of nitrogens with one attached hydrogen (secondary N) is 2. The fourth-order valence-electron chi connectivity index (χ4n) is 2.90. The second-order valence-corrected chi connectivity index (χ2v) is 7.25. The smallest absolute Gasteiger partial charge is 0.258 e. The molecule has 0 unspecified atom stereocenters. The molecule has 6 nitrogen and oxygen atoms in total. The molecule has 2 aromatic rings. The molecule has 2 N–H and O–H groups in total. The van der Waals surface area contributed by atoms with Gasteiger partial charge in [0.1, 0.15) is 5.82 Å². The molecule has 2 aromatic carbocycles. The first-order valence-electron chi connectivity index (χ1n) is 8.98. The van der Waals surface area contributed by atoms with Crippen molar-refractivity contribution in [1.29, 1.82) is 0 Å². The number of para-hydroxylation sites is 1. The summed E-state index contributed by atoms with van der Waals surface area (Å²) in [4.78, 5) is 27.2. The molecule has 148 valence electrons. The first kappa shape index (κ1) is 20.4. The molecule has 0 aliphatic carbocycles. The number of carbonyl (C=O) groups excluding carboxylic acids is 2. The summed E-state index contributed by atoms with van der Waals surface area (Å²) >= 11 is 3.23. The van der Waals surface area contributed by atoms with Crippen LogP contribution in [-0.2, 0) is 4.74 Å². The third-order valence-electron chi connectivity index (χ3n) is 4.41. The molecule has 2 amide bonds. The molecule has 28 heavy (non-hydrogen) atoms. The van der Waals surface area contributed by atoms with Crippen LogP contribution >= 0.6 is 15.9 Å². The standard InChI is InChI=1S/C20H21BrFN3O3/c21-14-5-6-17(22)16(13-14)20(27)24-18-4-2-1-3-15(18)19(26)23-7-8-25-9-11-28-12-10-25/h1-6,13H,7-12H2,(H,23,26)(H,24,27). The zero-order valence-electron chi connectivity index (χ0n) is 15.2. The summed E-state index contributed by atoms with van der Waals surface area (Å²) in [5.74, 6) is -1.54. The van der Waals surface area contributed by atoms with Crippen LogP contribution in [-0.4, -0.2) is 56.1 Å². The van der Waals surface area contributed by atoms with Crippen LogP contribution in [0, 0.1) is 5.82 Å². The van der Waals surface area contributed by atoms with E-state index in [1.54, 1.807) is 24.3 Å². The van der Waals surface area contributed by atoms with E-state index in [0.29, 0.717) is 35.5 Å². The Morgan fingerprint density at radius 1 is 1.07 bits per heavy atom. The molecule has 8 heteroatoms. The summed E-state index contributed by atoms with van der Waals surface area (Å²) in [6.45, 7) is 4.32. The van der Waals surface area contributed by atoms with Crippen LogP contribution in [0.25, 0.3) is 0 Å². The lowest BCUT2D eigenvalue weighted by Crippen LogP contribution is -2.41. The van der Waals surface area contributed by atoms with E-state index < -0.39 is 11.7 Å². The number of nitrogens with zero attached hydrogens (tertiary/aromatic N) is 1. The Hall–Kier alpha value is -2.29. The minimum Gasteiger partial charge on any atom is -0.379 e. The number of hydrogen-bond acceptors (Lipinski definition) is 4. The Morgan fingerprint density at radius 2 is 1.82 bits per heavy atom. The average molecular weight is 450 g/mol. The highest BCUT2D eigenvalue weighted by Gasteiger charge is 2.17. The molecule has 1 fully saturated rings. The predicted molar refractivity (Wildman–Crippen MR) is 108 cm³/mol. The first-order chi connectivity index (χ1) is 13.5. The van der Waals surface area contributed by atoms with Gasteiger partial charge >= 0.3 is 0 Å². The van der Waals surface area contributed by atoms with E-state index in [0.717, 1.165) is 19.6 Å². The van der Waals surface area contributed by atoms with E-state index in [1.807, 2.05) is 0 Å². The number of halogens is 2. The minimum absolute atomic E-state index is 0.100. The lowest BCUT2D eigenvalue weighted by Gasteiger charge is -2.26. The van der Waals surface area contributed by atoms with Gasteiger partial charge in [-0.05, 0) is 30.3 Å². The third-order valence-corrected chi connectivity index (χ3v) is 4.90. The largest absolute Gasteiger partial charge is 0.379 e. The molecule has 0 atom stereocenters. The number of anilines is 1. The van der Waals surface area contributed by atoms with Gasteiger partial charge in [0.15, 0.2) is 0 Å². The second kappa shape index (κ2) is 9.77. The summed E-state index contributed by atoms with van der Waals surface area (Å²) in [5.41, 5.74) is 0.556. The number of amides is 2. The Labute approximate surface area is 171 Å². The molecule has 1 saturated heterocycles. The van der Waals surface area contributed by atoms with Crippen molar-refractivity contribution < 1.29 is 18.7 Å². The van der Waals surface area contributed by atoms with Gasteiger partial charge in [0.2, 0.25) is 0 Å². The first-order valence-corrected chi connectivity index (χ1v) is 9.77. The van der Waals surface area contributed by atoms with E-state index >= 15 is 0 Å². The zero-order chi connectivity index (χ0) is 19.9. The van der Waals surface area contributed by atoms with Gasteiger partial charge in [0.25, 0.3) is 11.8 Å². The maximum Gasteiger partial charge on any atom is 0.258 e. The van der Waals surface area contributed by atoms with Crippen LogP contribution in [0.3, 0.4) is 0 Å². The molecule has 1 heterocycles. The second-order valence-electron chi connectivity index (χ2n) is 6.33. The Balaban J connectivity index is 1.64. The molecular formula is C20H21BrFN3O3. The monoisotopic (exact) mass is 449 g/mol. The van der Waals surface area contributed by atoms with Gasteiger partial charge in [-0.2, -0.15) is 0 Å². The van der Waals surface area contributed by atoms with Gasteiger partial charge in [-0.1, -0.05) is 28.1 Å². The van der Waals surface area contributed by atoms with Crippen LogP contribution in [0.1, 0.15) is 20.7 Å². The summed E-state index contributed by atoms with van der Waals surface area (Å²) in [5, 5.41) is 5.49. The maximum atomic E-state index is 14.0. The zero-order valence-corrected chi connectivity index (χ0v) is 16.8. The number of benzene rings is 2. The van der Waals surface area contributed by atoms with Crippen molar-refractivity contribution in [2.45, 2.75) is 0 Å². The number of rotatable bonds is 6. The van der Waals surface area contributed by atoms with Crippen molar-refractivity contribution in [2.75, 3.05) is 44.7 Å². The Morgan fingerprint density at radius 3 is 2.61 bits per heavy atom. The van der Waals surface area contributed by atoms with Crippen molar-refractivity contribution in [3.8, 4) is 0 Å². The molecular weight excluding hydrogens is 429 g/mol. The highest BCUT2D eigenvalue weighted by atomic mass is 79.9. The highest BCUT2D eigenvalue weighted by Crippen LogP contribution is 2.19. The van der Waals surface area contributed by atoms with Crippen LogP contribution in [0.5, 0.6) is 0 Å². The Kier molecular flexibility index (Phi) is 7.13. The predicted octanol–water partition coefficient (Wildman–Crippen LogP) is 2.90. The lowest BCUT2D eigenvalue weighted by atomic mass is 10.1. The lowest BCUT2D eigenvalue weighted by molar-refractivity contribution is 0.0383. The minimum atomic E-state index is -0.631. The topological polar surface area (TPSA) is 70.7 Å². The average Bonchev–Trinajstić information content (AvgIpc) is 2.71. The molecule has 0 bridgehead atoms. The molecule has 1 aliphatic rings. The van der Waals surface area contributed by atoms with E-state index in [1.165, 1.54) is 18.2 Å². The van der Waals surface area contributed by atoms with Crippen LogP contribution in [0.4, 0.5) is 10.1 Å². The molecule has 0 spiro atoms. The fourth-order valence-corrected chi connectivity index (χ4v) is 3.26. The summed E-state index contributed by atoms with van der Waals surface area (Å²) in [7, 11) is 0. The summed E-state index contributed by atoms with van der Waals surface area (Å²) < 4.78 is 19.8. The SMILES string of the molecule is O=C(Nc1ccccc1C(=O)NCCN1CCOCC1)c1cc(Br)ccc1F. The molecule has 1 aliphatic heterocycles. The molecule has 0 aromatic heterocycles. The van der Waals surface area contributed by atoms with Crippen molar-refractivity contribution in [3.05, 3.63) is 63.9 Å². The van der Waals surface area contributed by atoms with E-state index in [-0.39, 0.29) is 11.5 Å². The van der Waals surface area contributed by atoms with Crippen molar-refractivity contribution in [2.24, 2.45) is 0 Å². The van der Waals surface area contributed by atoms with Gasteiger partial charge in [0, 0.05) is 30.7 Å². The number of hydrogen-bond donors (Lipinski definition) is 2. The van der Waals surface area contributed by atoms with Crippen LogP contribution in [0.15, 0.2) is 46.9 Å². The quantitative estimate of drug-likeness (QED) is 0.711. The van der Waals surface area contributed by atoms with Gasteiger partial charge in [-0.3, -0.25) is 14.5 Å². The number of ether oxygens (including phenoxy) is 1.